The zero-order valence-electron chi connectivity index (χ0n) is 19.4. The first-order chi connectivity index (χ1) is 16.9. The van der Waals surface area contributed by atoms with Gasteiger partial charge in [0.25, 0.3) is 5.91 Å². The molecule has 1 fully saturated rings. The molecule has 0 unspecified atom stereocenters. The molecule has 0 saturated heterocycles. The maximum atomic E-state index is 13.5. The molecule has 0 bridgehead atoms. The molecule has 2 aromatic carbocycles. The third-order valence-electron chi connectivity index (χ3n) is 6.84. The maximum Gasteiger partial charge on any atom is 0.251 e. The van der Waals surface area contributed by atoms with Crippen molar-refractivity contribution in [1.29, 1.82) is 0 Å². The lowest BCUT2D eigenvalue weighted by Gasteiger charge is -2.28. The van der Waals surface area contributed by atoms with Crippen LogP contribution in [0, 0.1) is 17.6 Å². The Labute approximate surface area is 201 Å². The molecule has 1 amide bonds. The minimum Gasteiger partial charge on any atom is -0.503 e. The Bertz CT molecular complexity index is 1350. The van der Waals surface area contributed by atoms with Crippen LogP contribution < -0.4 is 5.32 Å². The number of nitrogens with one attached hydrogen (secondary N) is 1. The number of fused-ring (bicyclic) bond motifs is 1. The third kappa shape index (κ3) is 4.76. The predicted octanol–water partition coefficient (Wildman–Crippen LogP) is 5.06. The number of aromatic nitrogens is 4. The average Bonchev–Trinajstić information content (AvgIpc) is 3.52. The lowest BCUT2D eigenvalue weighted by atomic mass is 9.86. The number of carbonyl (C=O) groups is 1. The number of aromatic hydroxyl groups is 1. The quantitative estimate of drug-likeness (QED) is 0.405. The predicted molar refractivity (Wildman–Crippen MR) is 128 cm³/mol. The van der Waals surface area contributed by atoms with Crippen molar-refractivity contribution < 1.29 is 18.7 Å². The second kappa shape index (κ2) is 9.48. The fourth-order valence-corrected chi connectivity index (χ4v) is 4.74. The van der Waals surface area contributed by atoms with E-state index >= 15 is 0 Å². The van der Waals surface area contributed by atoms with Gasteiger partial charge < -0.3 is 10.4 Å². The van der Waals surface area contributed by atoms with Gasteiger partial charge in [0.2, 0.25) is 0 Å². The number of phenolic OH excluding ortho intramolecular Hbond substituents is 1. The monoisotopic (exact) mass is 479 g/mol. The number of phenols is 1. The van der Waals surface area contributed by atoms with Gasteiger partial charge in [-0.3, -0.25) is 14.2 Å². The third-order valence-corrected chi connectivity index (χ3v) is 6.84. The van der Waals surface area contributed by atoms with E-state index in [4.69, 9.17) is 5.10 Å². The van der Waals surface area contributed by atoms with Gasteiger partial charge in [0.15, 0.2) is 17.4 Å². The number of nitrogens with zero attached hydrogens (tertiary/aromatic N) is 4. The van der Waals surface area contributed by atoms with Gasteiger partial charge in [0.1, 0.15) is 0 Å². The van der Waals surface area contributed by atoms with Crippen molar-refractivity contribution >= 4 is 16.8 Å². The van der Waals surface area contributed by atoms with E-state index in [1.54, 1.807) is 0 Å². The van der Waals surface area contributed by atoms with Crippen LogP contribution in [0.4, 0.5) is 8.78 Å². The van der Waals surface area contributed by atoms with E-state index in [2.05, 4.69) is 46.4 Å². The molecule has 2 heterocycles. The van der Waals surface area contributed by atoms with Gasteiger partial charge in [0, 0.05) is 42.0 Å². The number of aryl methyl sites for hydroxylation is 1. The molecule has 7 nitrogen and oxygen atoms in total. The van der Waals surface area contributed by atoms with E-state index in [0.717, 1.165) is 66.4 Å². The molecule has 9 heteroatoms. The topological polar surface area (TPSA) is 85.0 Å². The van der Waals surface area contributed by atoms with E-state index in [9.17, 15) is 18.7 Å². The molecule has 0 aliphatic heterocycles. The summed E-state index contributed by atoms with van der Waals surface area (Å²) < 4.78 is 31.0. The van der Waals surface area contributed by atoms with Crippen LogP contribution in [0.1, 0.15) is 49.0 Å². The SMILES string of the molecule is CCn1cc(-c2ccc3cn(C4CCC(CNC(=O)c5cc(F)c(O)c(F)c5)CC4)nc3c2)cn1. The molecule has 1 aliphatic carbocycles. The van der Waals surface area contributed by atoms with Crippen LogP contribution in [0.15, 0.2) is 48.9 Å². The van der Waals surface area contributed by atoms with Crippen LogP contribution in [0.25, 0.3) is 22.0 Å². The Morgan fingerprint density at radius 1 is 1.09 bits per heavy atom. The molecule has 2 aromatic heterocycles. The van der Waals surface area contributed by atoms with E-state index in [1.807, 2.05) is 17.1 Å². The summed E-state index contributed by atoms with van der Waals surface area (Å²) in [6, 6.07) is 8.26. The number of amides is 1. The fraction of sp³-hybridized carbons (Fsp3) is 0.346. The molecule has 182 valence electrons. The largest absolute Gasteiger partial charge is 0.503 e. The fourth-order valence-electron chi connectivity index (χ4n) is 4.74. The van der Waals surface area contributed by atoms with Crippen molar-refractivity contribution in [1.82, 2.24) is 24.9 Å². The minimum atomic E-state index is -1.15. The van der Waals surface area contributed by atoms with Crippen LogP contribution in [0.3, 0.4) is 0 Å². The maximum absolute atomic E-state index is 13.5. The minimum absolute atomic E-state index is 0.142. The average molecular weight is 480 g/mol. The molecule has 1 saturated carbocycles. The zero-order valence-corrected chi connectivity index (χ0v) is 19.4. The lowest BCUT2D eigenvalue weighted by molar-refractivity contribution is 0.0940. The second-order valence-electron chi connectivity index (χ2n) is 9.14. The highest BCUT2D eigenvalue weighted by atomic mass is 19.1. The Morgan fingerprint density at radius 2 is 1.83 bits per heavy atom. The van der Waals surface area contributed by atoms with Gasteiger partial charge in [-0.15, -0.1) is 0 Å². The van der Waals surface area contributed by atoms with Crippen LogP contribution in [-0.2, 0) is 6.54 Å². The van der Waals surface area contributed by atoms with Gasteiger partial charge in [0.05, 0.1) is 17.8 Å². The van der Waals surface area contributed by atoms with Crippen molar-refractivity contribution in [3.05, 3.63) is 66.1 Å². The Hall–Kier alpha value is -3.75. The molecule has 5 rings (SSSR count). The summed E-state index contributed by atoms with van der Waals surface area (Å²) in [4.78, 5) is 12.3. The van der Waals surface area contributed by atoms with E-state index in [1.165, 1.54) is 0 Å². The molecule has 0 spiro atoms. The number of hydrogen-bond acceptors (Lipinski definition) is 4. The molecule has 0 radical (unpaired) electrons. The highest BCUT2D eigenvalue weighted by Gasteiger charge is 2.24. The Balaban J connectivity index is 1.18. The van der Waals surface area contributed by atoms with E-state index in [0.29, 0.717) is 12.6 Å². The Kier molecular flexibility index (Phi) is 6.23. The van der Waals surface area contributed by atoms with Gasteiger partial charge in [-0.1, -0.05) is 12.1 Å². The molecule has 2 N–H and O–H groups in total. The molecular weight excluding hydrogens is 452 g/mol. The summed E-state index contributed by atoms with van der Waals surface area (Å²) in [5.74, 6) is -3.64. The summed E-state index contributed by atoms with van der Waals surface area (Å²) in [5.41, 5.74) is 2.98. The number of halogens is 2. The van der Waals surface area contributed by atoms with E-state index in [-0.39, 0.29) is 11.5 Å². The van der Waals surface area contributed by atoms with Gasteiger partial charge in [-0.25, -0.2) is 8.78 Å². The van der Waals surface area contributed by atoms with Crippen LogP contribution in [0.2, 0.25) is 0 Å². The van der Waals surface area contributed by atoms with Crippen molar-refractivity contribution in [3.8, 4) is 16.9 Å². The van der Waals surface area contributed by atoms with Gasteiger partial charge in [-0.05, 0) is 62.3 Å². The highest BCUT2D eigenvalue weighted by Crippen LogP contribution is 2.33. The number of benzene rings is 2. The van der Waals surface area contributed by atoms with Crippen molar-refractivity contribution in [2.24, 2.45) is 5.92 Å². The molecule has 0 atom stereocenters. The second-order valence-corrected chi connectivity index (χ2v) is 9.14. The van der Waals surface area contributed by atoms with Crippen LogP contribution >= 0.6 is 0 Å². The zero-order chi connectivity index (χ0) is 24.5. The number of carbonyl (C=O) groups excluding carboxylic acids is 1. The lowest BCUT2D eigenvalue weighted by Crippen LogP contribution is -2.31. The summed E-state index contributed by atoms with van der Waals surface area (Å²) in [6.07, 6.45) is 9.71. The van der Waals surface area contributed by atoms with Gasteiger partial charge >= 0.3 is 0 Å². The molecular formula is C26H27F2N5O2. The smallest absolute Gasteiger partial charge is 0.251 e. The highest BCUT2D eigenvalue weighted by molar-refractivity contribution is 5.94. The molecule has 1 aliphatic rings. The summed E-state index contributed by atoms with van der Waals surface area (Å²) >= 11 is 0. The first kappa shape index (κ1) is 23.0. The summed E-state index contributed by atoms with van der Waals surface area (Å²) in [6.45, 7) is 3.32. The van der Waals surface area contributed by atoms with Crippen molar-refractivity contribution in [2.45, 2.75) is 45.2 Å². The normalized spacial score (nSPS) is 18.1. The van der Waals surface area contributed by atoms with E-state index < -0.39 is 23.3 Å². The molecule has 4 aromatic rings. The van der Waals surface area contributed by atoms with Crippen molar-refractivity contribution in [2.75, 3.05) is 6.54 Å². The molecule has 35 heavy (non-hydrogen) atoms. The summed E-state index contributed by atoms with van der Waals surface area (Å²) in [7, 11) is 0. The summed E-state index contributed by atoms with van der Waals surface area (Å²) in [5, 5.41) is 22.2. The van der Waals surface area contributed by atoms with Crippen LogP contribution in [-0.4, -0.2) is 37.1 Å². The van der Waals surface area contributed by atoms with Crippen LogP contribution in [0.5, 0.6) is 5.75 Å². The van der Waals surface area contributed by atoms with Gasteiger partial charge in [-0.2, -0.15) is 10.2 Å². The Morgan fingerprint density at radius 3 is 2.51 bits per heavy atom. The number of hydrogen-bond donors (Lipinski definition) is 2. The first-order valence-corrected chi connectivity index (χ1v) is 11.9. The first-order valence-electron chi connectivity index (χ1n) is 11.9. The standard InChI is InChI=1S/C26H27F2N5O2/c1-2-32-14-20(13-30-32)17-5-6-18-15-33(31-24(18)11-17)21-7-3-16(4-8-21)12-29-26(35)19-9-22(27)25(34)23(28)10-19/h5-6,9-11,13-16,21,34H,2-4,7-8,12H2,1H3,(H,29,35). The van der Waals surface area contributed by atoms with Crippen molar-refractivity contribution in [3.63, 3.8) is 0 Å². The number of rotatable bonds is 6.